The van der Waals surface area contributed by atoms with Gasteiger partial charge in [0.2, 0.25) is 0 Å². The van der Waals surface area contributed by atoms with Gasteiger partial charge in [0.15, 0.2) is 0 Å². The zero-order chi connectivity index (χ0) is 15.1. The van der Waals surface area contributed by atoms with Crippen LogP contribution in [0.15, 0.2) is 52.0 Å². The van der Waals surface area contributed by atoms with Gasteiger partial charge in [-0.1, -0.05) is 6.92 Å². The maximum atomic E-state index is 12.9. The summed E-state index contributed by atoms with van der Waals surface area (Å²) in [6.07, 6.45) is 2.71. The molecule has 2 aromatic rings. The van der Waals surface area contributed by atoms with E-state index in [1.54, 1.807) is 11.8 Å². The molecule has 0 spiro atoms. The lowest BCUT2D eigenvalue weighted by Crippen LogP contribution is -2.33. The van der Waals surface area contributed by atoms with Gasteiger partial charge in [0.05, 0.1) is 0 Å². The number of hydrogen-bond acceptors (Lipinski definition) is 3. The molecule has 0 aliphatic carbocycles. The highest BCUT2D eigenvalue weighted by molar-refractivity contribution is 9.10. The first-order valence-electron chi connectivity index (χ1n) is 6.89. The molecule has 0 bridgehead atoms. The Balaban J connectivity index is 1.92. The van der Waals surface area contributed by atoms with Gasteiger partial charge in [-0.25, -0.2) is 4.39 Å². The summed E-state index contributed by atoms with van der Waals surface area (Å²) in [5.41, 5.74) is 1.07. The smallest absolute Gasteiger partial charge is 0.123 e. The van der Waals surface area contributed by atoms with Gasteiger partial charge < -0.3 is 5.32 Å². The number of nitrogens with zero attached hydrogens (tertiary/aromatic N) is 1. The Morgan fingerprint density at radius 2 is 2.00 bits per heavy atom. The fraction of sp³-hybridized carbons (Fsp3) is 0.312. The third-order valence-corrected chi connectivity index (χ3v) is 4.65. The van der Waals surface area contributed by atoms with Crippen LogP contribution in [0.3, 0.4) is 0 Å². The summed E-state index contributed by atoms with van der Waals surface area (Å²) in [4.78, 5) is 5.51. The third-order valence-electron chi connectivity index (χ3n) is 3.00. The van der Waals surface area contributed by atoms with Crippen molar-refractivity contribution in [2.45, 2.75) is 24.3 Å². The first-order valence-corrected chi connectivity index (χ1v) is 8.67. The zero-order valence-electron chi connectivity index (χ0n) is 11.9. The van der Waals surface area contributed by atoms with Crippen LogP contribution in [-0.2, 0) is 6.42 Å². The SMILES string of the molecule is CCNC(CSc1ccc(F)cc1)Cc1ccc(Br)cn1. The second kappa shape index (κ2) is 8.51. The van der Waals surface area contributed by atoms with E-state index >= 15 is 0 Å². The second-order valence-corrected chi connectivity index (χ2v) is 6.70. The minimum absolute atomic E-state index is 0.193. The maximum absolute atomic E-state index is 12.9. The molecule has 1 heterocycles. The van der Waals surface area contributed by atoms with Crippen molar-refractivity contribution in [2.75, 3.05) is 12.3 Å². The summed E-state index contributed by atoms with van der Waals surface area (Å²) in [5.74, 6) is 0.735. The van der Waals surface area contributed by atoms with E-state index in [2.05, 4.69) is 33.2 Å². The molecule has 1 N–H and O–H groups in total. The largest absolute Gasteiger partial charge is 0.313 e. The number of hydrogen-bond donors (Lipinski definition) is 1. The van der Waals surface area contributed by atoms with Gasteiger partial charge in [-0.2, -0.15) is 0 Å². The van der Waals surface area contributed by atoms with Gasteiger partial charge in [0.1, 0.15) is 5.82 Å². The standard InChI is InChI=1S/C16H18BrFN2S/c1-2-19-15(9-14-6-3-12(17)10-20-14)11-21-16-7-4-13(18)5-8-16/h3-8,10,15,19H,2,9,11H2,1H3. The molecule has 21 heavy (non-hydrogen) atoms. The molecule has 0 saturated heterocycles. The predicted octanol–water partition coefficient (Wildman–Crippen LogP) is 4.30. The molecule has 2 rings (SSSR count). The molecule has 1 aromatic carbocycles. The van der Waals surface area contributed by atoms with E-state index < -0.39 is 0 Å². The molecule has 0 amide bonds. The highest BCUT2D eigenvalue weighted by Gasteiger charge is 2.10. The normalized spacial score (nSPS) is 12.3. The number of likely N-dealkylation sites (N-methyl/N-ethyl adjacent to an activating group) is 1. The van der Waals surface area contributed by atoms with E-state index in [0.717, 1.165) is 33.8 Å². The third kappa shape index (κ3) is 5.77. The molecule has 2 nitrogen and oxygen atoms in total. The minimum atomic E-state index is -0.193. The molecule has 1 unspecified atom stereocenters. The summed E-state index contributed by atoms with van der Waals surface area (Å²) >= 11 is 5.13. The summed E-state index contributed by atoms with van der Waals surface area (Å²) in [6.45, 7) is 3.02. The van der Waals surface area contributed by atoms with Gasteiger partial charge in [0.25, 0.3) is 0 Å². The fourth-order valence-electron chi connectivity index (χ4n) is 1.99. The molecule has 0 saturated carbocycles. The van der Waals surface area contributed by atoms with Crippen molar-refractivity contribution in [3.63, 3.8) is 0 Å². The van der Waals surface area contributed by atoms with Crippen LogP contribution in [0.1, 0.15) is 12.6 Å². The van der Waals surface area contributed by atoms with E-state index in [0.29, 0.717) is 6.04 Å². The van der Waals surface area contributed by atoms with Gasteiger partial charge in [0, 0.05) is 39.5 Å². The molecule has 0 fully saturated rings. The topological polar surface area (TPSA) is 24.9 Å². The number of aromatic nitrogens is 1. The highest BCUT2D eigenvalue weighted by atomic mass is 79.9. The Bertz CT molecular complexity index is 545. The number of pyridine rings is 1. The number of nitrogens with one attached hydrogen (secondary N) is 1. The number of thioether (sulfide) groups is 1. The van der Waals surface area contributed by atoms with Crippen LogP contribution in [-0.4, -0.2) is 23.3 Å². The maximum Gasteiger partial charge on any atom is 0.123 e. The quantitative estimate of drug-likeness (QED) is 0.737. The molecule has 0 aliphatic rings. The summed E-state index contributed by atoms with van der Waals surface area (Å²) < 4.78 is 13.9. The van der Waals surface area contributed by atoms with Crippen molar-refractivity contribution >= 4 is 27.7 Å². The van der Waals surface area contributed by atoms with E-state index in [-0.39, 0.29) is 5.82 Å². The Morgan fingerprint density at radius 1 is 1.24 bits per heavy atom. The lowest BCUT2D eigenvalue weighted by atomic mass is 10.1. The van der Waals surface area contributed by atoms with E-state index in [1.807, 2.05) is 30.5 Å². The van der Waals surface area contributed by atoms with Crippen molar-refractivity contribution in [3.8, 4) is 0 Å². The van der Waals surface area contributed by atoms with Crippen molar-refractivity contribution in [2.24, 2.45) is 0 Å². The lowest BCUT2D eigenvalue weighted by Gasteiger charge is -2.17. The summed E-state index contributed by atoms with van der Waals surface area (Å²) in [5, 5.41) is 3.48. The summed E-state index contributed by atoms with van der Waals surface area (Å²) in [7, 11) is 0. The Morgan fingerprint density at radius 3 is 2.62 bits per heavy atom. The second-order valence-electron chi connectivity index (χ2n) is 4.69. The average Bonchev–Trinajstić information content (AvgIpc) is 2.49. The lowest BCUT2D eigenvalue weighted by molar-refractivity contribution is 0.566. The molecular formula is C16H18BrFN2S. The van der Waals surface area contributed by atoms with Crippen LogP contribution in [0.4, 0.5) is 4.39 Å². The molecule has 0 aliphatic heterocycles. The van der Waals surface area contributed by atoms with Crippen molar-refractivity contribution in [1.29, 1.82) is 0 Å². The molecule has 0 radical (unpaired) electrons. The van der Waals surface area contributed by atoms with Crippen LogP contribution in [0.25, 0.3) is 0 Å². The monoisotopic (exact) mass is 368 g/mol. The fourth-order valence-corrected chi connectivity index (χ4v) is 3.18. The number of rotatable bonds is 7. The van der Waals surface area contributed by atoms with Crippen LogP contribution < -0.4 is 5.32 Å². The molecular weight excluding hydrogens is 351 g/mol. The van der Waals surface area contributed by atoms with Crippen molar-refractivity contribution in [3.05, 3.63) is 58.6 Å². The Labute approximate surface area is 137 Å². The average molecular weight is 369 g/mol. The van der Waals surface area contributed by atoms with Crippen molar-refractivity contribution in [1.82, 2.24) is 10.3 Å². The zero-order valence-corrected chi connectivity index (χ0v) is 14.3. The highest BCUT2D eigenvalue weighted by Crippen LogP contribution is 2.20. The van der Waals surface area contributed by atoms with Crippen LogP contribution >= 0.6 is 27.7 Å². The number of halogens is 2. The van der Waals surface area contributed by atoms with E-state index in [9.17, 15) is 4.39 Å². The van der Waals surface area contributed by atoms with Crippen LogP contribution in [0.2, 0.25) is 0 Å². The minimum Gasteiger partial charge on any atom is -0.313 e. The van der Waals surface area contributed by atoms with Crippen LogP contribution in [0, 0.1) is 5.82 Å². The van der Waals surface area contributed by atoms with Gasteiger partial charge in [-0.15, -0.1) is 11.8 Å². The predicted molar refractivity (Wildman–Crippen MR) is 90.2 cm³/mol. The van der Waals surface area contributed by atoms with Crippen LogP contribution in [0.5, 0.6) is 0 Å². The molecule has 112 valence electrons. The van der Waals surface area contributed by atoms with E-state index in [1.165, 1.54) is 12.1 Å². The molecule has 1 aromatic heterocycles. The number of benzene rings is 1. The van der Waals surface area contributed by atoms with E-state index in [4.69, 9.17) is 0 Å². The Kier molecular flexibility index (Phi) is 6.67. The molecule has 1 atom stereocenters. The summed E-state index contributed by atoms with van der Waals surface area (Å²) in [6, 6.07) is 11.0. The van der Waals surface area contributed by atoms with Gasteiger partial charge >= 0.3 is 0 Å². The first kappa shape index (κ1) is 16.5. The van der Waals surface area contributed by atoms with Gasteiger partial charge in [-0.3, -0.25) is 4.98 Å². The van der Waals surface area contributed by atoms with Gasteiger partial charge in [-0.05, 0) is 58.9 Å². The Hall–Kier alpha value is -0.910. The van der Waals surface area contributed by atoms with Crippen molar-refractivity contribution < 1.29 is 4.39 Å². The first-order chi connectivity index (χ1) is 10.2. The molecule has 5 heteroatoms.